The van der Waals surface area contributed by atoms with Crippen molar-refractivity contribution in [2.45, 2.75) is 25.1 Å². The number of hydrogen-bond donors (Lipinski definition) is 1. The maximum Gasteiger partial charge on any atom is 0.224 e. The fourth-order valence-electron chi connectivity index (χ4n) is 2.33. The average Bonchev–Trinajstić information content (AvgIpc) is 2.77. The molecule has 1 N–H and O–H groups in total. The molecule has 1 aliphatic rings. The van der Waals surface area contributed by atoms with Crippen molar-refractivity contribution in [1.29, 1.82) is 0 Å². The van der Waals surface area contributed by atoms with Crippen LogP contribution in [0.2, 0.25) is 5.02 Å². The summed E-state index contributed by atoms with van der Waals surface area (Å²) in [5, 5.41) is 5.40. The van der Waals surface area contributed by atoms with E-state index >= 15 is 0 Å². The number of amides is 1. The largest absolute Gasteiger partial charge is 0.326 e. The average molecular weight is 326 g/mol. The zero-order chi connectivity index (χ0) is 14.3. The van der Waals surface area contributed by atoms with Crippen molar-refractivity contribution in [3.63, 3.8) is 0 Å². The van der Waals surface area contributed by atoms with Crippen LogP contribution in [0.15, 0.2) is 23.6 Å². The number of rotatable bonds is 2. The first-order valence-electron chi connectivity index (χ1n) is 6.36. The molecule has 20 heavy (non-hydrogen) atoms. The predicted molar refractivity (Wildman–Crippen MR) is 85.2 cm³/mol. The van der Waals surface area contributed by atoms with Gasteiger partial charge in [-0.15, -0.1) is 22.9 Å². The molecule has 104 valence electrons. The van der Waals surface area contributed by atoms with E-state index < -0.39 is 0 Å². The highest BCUT2D eigenvalue weighted by Crippen LogP contribution is 2.40. The number of benzene rings is 1. The summed E-state index contributed by atoms with van der Waals surface area (Å²) >= 11 is 14.4. The van der Waals surface area contributed by atoms with Gasteiger partial charge in [0.05, 0.1) is 10.4 Å². The van der Waals surface area contributed by atoms with Crippen LogP contribution in [0.25, 0.3) is 0 Å². The molecule has 2 nitrogen and oxygen atoms in total. The van der Waals surface area contributed by atoms with Crippen molar-refractivity contribution >= 4 is 46.1 Å². The highest BCUT2D eigenvalue weighted by Gasteiger charge is 2.20. The molecule has 0 radical (unpaired) electrons. The number of carbonyl (C=O) groups is 1. The van der Waals surface area contributed by atoms with Gasteiger partial charge < -0.3 is 5.32 Å². The van der Waals surface area contributed by atoms with E-state index in [-0.39, 0.29) is 11.3 Å². The van der Waals surface area contributed by atoms with Crippen molar-refractivity contribution in [2.24, 2.45) is 0 Å². The Kier molecular flexibility index (Phi) is 3.76. The van der Waals surface area contributed by atoms with E-state index in [1.165, 1.54) is 0 Å². The molecule has 1 aromatic carbocycles. The number of hydrogen-bond acceptors (Lipinski definition) is 2. The second-order valence-electron chi connectivity index (χ2n) is 4.92. The van der Waals surface area contributed by atoms with Crippen LogP contribution in [0.3, 0.4) is 0 Å². The number of halogens is 2. The van der Waals surface area contributed by atoms with Gasteiger partial charge in [0.25, 0.3) is 0 Å². The smallest absolute Gasteiger partial charge is 0.224 e. The van der Waals surface area contributed by atoms with Gasteiger partial charge in [0.1, 0.15) is 0 Å². The van der Waals surface area contributed by atoms with Gasteiger partial charge in [0, 0.05) is 17.0 Å². The standard InChI is InChI=1S/C15H13Cl2NOS/c1-8-7-20-15(13(8)16)14(17)10-2-4-11-9(6-10)3-5-12(19)18-11/h2,4,6-7,14H,3,5H2,1H3,(H,18,19). The van der Waals surface area contributed by atoms with Crippen LogP contribution in [0, 0.1) is 6.92 Å². The van der Waals surface area contributed by atoms with E-state index in [9.17, 15) is 4.79 Å². The molecule has 2 heterocycles. The van der Waals surface area contributed by atoms with Gasteiger partial charge in [0.15, 0.2) is 0 Å². The number of alkyl halides is 1. The molecule has 5 heteroatoms. The summed E-state index contributed by atoms with van der Waals surface area (Å²) in [5.41, 5.74) is 4.10. The minimum absolute atomic E-state index is 0.0737. The third kappa shape index (κ3) is 2.46. The molecular formula is C15H13Cl2NOS. The topological polar surface area (TPSA) is 29.1 Å². The Labute approximate surface area is 131 Å². The number of nitrogens with one attached hydrogen (secondary N) is 1. The van der Waals surface area contributed by atoms with Crippen LogP contribution in [-0.2, 0) is 11.2 Å². The van der Waals surface area contributed by atoms with E-state index in [0.717, 1.165) is 38.7 Å². The molecule has 1 amide bonds. The molecule has 2 aromatic rings. The first-order chi connectivity index (χ1) is 9.56. The molecule has 1 atom stereocenters. The highest BCUT2D eigenvalue weighted by atomic mass is 35.5. The monoisotopic (exact) mass is 325 g/mol. The van der Waals surface area contributed by atoms with E-state index in [0.29, 0.717) is 6.42 Å². The number of aryl methyl sites for hydroxylation is 2. The van der Waals surface area contributed by atoms with E-state index in [2.05, 4.69) is 11.4 Å². The number of fused-ring (bicyclic) bond motifs is 1. The fraction of sp³-hybridized carbons (Fsp3) is 0.267. The summed E-state index contributed by atoms with van der Waals surface area (Å²) < 4.78 is 0. The van der Waals surface area contributed by atoms with Gasteiger partial charge >= 0.3 is 0 Å². The molecule has 0 fully saturated rings. The lowest BCUT2D eigenvalue weighted by Crippen LogP contribution is -2.19. The lowest BCUT2D eigenvalue weighted by atomic mass is 9.98. The van der Waals surface area contributed by atoms with E-state index in [1.807, 2.05) is 24.4 Å². The van der Waals surface area contributed by atoms with Crippen molar-refractivity contribution in [2.75, 3.05) is 5.32 Å². The van der Waals surface area contributed by atoms with Gasteiger partial charge in [-0.1, -0.05) is 23.7 Å². The summed E-state index contributed by atoms with van der Waals surface area (Å²) in [6.07, 6.45) is 1.29. The van der Waals surface area contributed by atoms with Crippen LogP contribution in [-0.4, -0.2) is 5.91 Å². The van der Waals surface area contributed by atoms with E-state index in [4.69, 9.17) is 23.2 Å². The van der Waals surface area contributed by atoms with Crippen molar-refractivity contribution < 1.29 is 4.79 Å². The Bertz CT molecular complexity index is 681. The summed E-state index contributed by atoms with van der Waals surface area (Å²) in [7, 11) is 0. The summed E-state index contributed by atoms with van der Waals surface area (Å²) in [6.45, 7) is 1.98. The maximum absolute atomic E-state index is 11.4. The molecule has 0 bridgehead atoms. The second kappa shape index (κ2) is 5.40. The molecular weight excluding hydrogens is 313 g/mol. The first kappa shape index (κ1) is 13.9. The molecule has 1 aliphatic heterocycles. The lowest BCUT2D eigenvalue weighted by molar-refractivity contribution is -0.116. The predicted octanol–water partition coefficient (Wildman–Crippen LogP) is 4.92. The molecule has 3 rings (SSSR count). The fourth-order valence-corrected chi connectivity index (χ4v) is 4.09. The molecule has 0 saturated carbocycles. The zero-order valence-electron chi connectivity index (χ0n) is 10.9. The number of carbonyl (C=O) groups excluding carboxylic acids is 1. The van der Waals surface area contributed by atoms with Crippen molar-refractivity contribution in [3.05, 3.63) is 50.2 Å². The second-order valence-corrected chi connectivity index (χ2v) is 6.65. The number of anilines is 1. The van der Waals surface area contributed by atoms with E-state index in [1.54, 1.807) is 11.3 Å². The Morgan fingerprint density at radius 1 is 1.35 bits per heavy atom. The Hall–Kier alpha value is -1.03. The Morgan fingerprint density at radius 2 is 2.15 bits per heavy atom. The van der Waals surface area contributed by atoms with Crippen LogP contribution < -0.4 is 5.32 Å². The summed E-state index contributed by atoms with van der Waals surface area (Å²) in [5.74, 6) is 0.0737. The van der Waals surface area contributed by atoms with Crippen LogP contribution in [0.5, 0.6) is 0 Å². The maximum atomic E-state index is 11.4. The van der Waals surface area contributed by atoms with Crippen LogP contribution in [0.1, 0.15) is 33.4 Å². The highest BCUT2D eigenvalue weighted by molar-refractivity contribution is 7.11. The first-order valence-corrected chi connectivity index (χ1v) is 8.06. The normalized spacial score (nSPS) is 15.7. The molecule has 1 aromatic heterocycles. The van der Waals surface area contributed by atoms with Gasteiger partial charge in [-0.05, 0) is 41.5 Å². The molecule has 1 unspecified atom stereocenters. The quantitative estimate of drug-likeness (QED) is 0.780. The van der Waals surface area contributed by atoms with Crippen molar-refractivity contribution in [1.82, 2.24) is 0 Å². The molecule has 0 saturated heterocycles. The Balaban J connectivity index is 1.95. The zero-order valence-corrected chi connectivity index (χ0v) is 13.2. The third-order valence-corrected chi connectivity index (χ3v) is 5.85. The minimum Gasteiger partial charge on any atom is -0.326 e. The summed E-state index contributed by atoms with van der Waals surface area (Å²) in [4.78, 5) is 12.3. The third-order valence-electron chi connectivity index (χ3n) is 3.47. The molecule has 0 aliphatic carbocycles. The minimum atomic E-state index is -0.246. The van der Waals surface area contributed by atoms with Crippen LogP contribution in [0.4, 0.5) is 5.69 Å². The molecule has 0 spiro atoms. The van der Waals surface area contributed by atoms with Gasteiger partial charge in [-0.2, -0.15) is 0 Å². The van der Waals surface area contributed by atoms with Crippen molar-refractivity contribution in [3.8, 4) is 0 Å². The summed E-state index contributed by atoms with van der Waals surface area (Å²) in [6, 6.07) is 5.94. The van der Waals surface area contributed by atoms with Gasteiger partial charge in [-0.3, -0.25) is 4.79 Å². The van der Waals surface area contributed by atoms with Gasteiger partial charge in [-0.25, -0.2) is 0 Å². The number of thiophene rings is 1. The Morgan fingerprint density at radius 3 is 2.85 bits per heavy atom. The van der Waals surface area contributed by atoms with Crippen LogP contribution >= 0.6 is 34.5 Å². The lowest BCUT2D eigenvalue weighted by Gasteiger charge is -2.19. The van der Waals surface area contributed by atoms with Gasteiger partial charge in [0.2, 0.25) is 5.91 Å². The SMILES string of the molecule is Cc1csc(C(Cl)c2ccc3c(c2)CCC(=O)N3)c1Cl.